The molecular formula is C23H30BrN3O2. The second-order valence-corrected chi connectivity index (χ2v) is 9.51. The number of carbonyl (C=O) groups excluding carboxylic acids is 2. The molecule has 5 nitrogen and oxygen atoms in total. The summed E-state index contributed by atoms with van der Waals surface area (Å²) in [5.41, 5.74) is 3.16. The molecule has 1 saturated carbocycles. The predicted molar refractivity (Wildman–Crippen MR) is 119 cm³/mol. The maximum absolute atomic E-state index is 12.7. The van der Waals surface area contributed by atoms with E-state index >= 15 is 0 Å². The first-order valence-electron chi connectivity index (χ1n) is 10.9. The largest absolute Gasteiger partial charge is 0.358 e. The van der Waals surface area contributed by atoms with Gasteiger partial charge in [0.15, 0.2) is 0 Å². The van der Waals surface area contributed by atoms with Gasteiger partial charge in [0.05, 0.1) is 6.42 Å². The van der Waals surface area contributed by atoms with E-state index < -0.39 is 0 Å². The zero-order valence-electron chi connectivity index (χ0n) is 17.1. The molecule has 1 aromatic carbocycles. The summed E-state index contributed by atoms with van der Waals surface area (Å²) in [7, 11) is 0. The van der Waals surface area contributed by atoms with Crippen molar-refractivity contribution in [3.05, 3.63) is 33.9 Å². The number of aromatic amines is 1. The van der Waals surface area contributed by atoms with Gasteiger partial charge in [-0.25, -0.2) is 0 Å². The number of hydrogen-bond acceptors (Lipinski definition) is 2. The van der Waals surface area contributed by atoms with Crippen molar-refractivity contribution in [1.82, 2.24) is 15.2 Å². The zero-order chi connectivity index (χ0) is 20.4. The quantitative estimate of drug-likeness (QED) is 0.707. The minimum atomic E-state index is 0.0611. The van der Waals surface area contributed by atoms with E-state index in [0.29, 0.717) is 12.3 Å². The van der Waals surface area contributed by atoms with E-state index in [9.17, 15) is 9.59 Å². The number of benzene rings is 1. The number of aryl methyl sites for hydroxylation is 1. The molecule has 1 aromatic heterocycles. The van der Waals surface area contributed by atoms with Crippen LogP contribution in [0.3, 0.4) is 0 Å². The molecule has 6 heteroatoms. The van der Waals surface area contributed by atoms with E-state index in [1.54, 1.807) is 0 Å². The third-order valence-corrected chi connectivity index (χ3v) is 7.04. The molecule has 1 aliphatic carbocycles. The third-order valence-electron chi connectivity index (χ3n) is 6.55. The number of nitrogens with one attached hydrogen (secondary N) is 2. The number of amides is 2. The highest BCUT2D eigenvalue weighted by molar-refractivity contribution is 9.10. The molecule has 2 heterocycles. The molecule has 0 radical (unpaired) electrons. The maximum atomic E-state index is 12.7. The lowest BCUT2D eigenvalue weighted by molar-refractivity contribution is -0.137. The van der Waals surface area contributed by atoms with E-state index in [-0.39, 0.29) is 17.9 Å². The van der Waals surface area contributed by atoms with E-state index in [1.165, 1.54) is 19.3 Å². The van der Waals surface area contributed by atoms with Crippen LogP contribution in [0.25, 0.3) is 10.9 Å². The molecule has 2 N–H and O–H groups in total. The van der Waals surface area contributed by atoms with Gasteiger partial charge in [0.2, 0.25) is 11.8 Å². The Morgan fingerprint density at radius 3 is 2.59 bits per heavy atom. The predicted octanol–water partition coefficient (Wildman–Crippen LogP) is 4.47. The summed E-state index contributed by atoms with van der Waals surface area (Å²) < 4.78 is 1.01. The summed E-state index contributed by atoms with van der Waals surface area (Å²) in [5, 5.41) is 4.30. The summed E-state index contributed by atoms with van der Waals surface area (Å²) in [6, 6.07) is 6.27. The van der Waals surface area contributed by atoms with Crippen LogP contribution < -0.4 is 5.32 Å². The molecule has 0 atom stereocenters. The highest BCUT2D eigenvalue weighted by Gasteiger charge is 2.29. The van der Waals surface area contributed by atoms with E-state index in [0.717, 1.165) is 65.4 Å². The summed E-state index contributed by atoms with van der Waals surface area (Å²) >= 11 is 3.52. The fourth-order valence-corrected chi connectivity index (χ4v) is 5.23. The van der Waals surface area contributed by atoms with Crippen LogP contribution in [0, 0.1) is 12.8 Å². The van der Waals surface area contributed by atoms with Gasteiger partial charge in [0.1, 0.15) is 0 Å². The highest BCUT2D eigenvalue weighted by atomic mass is 79.9. The lowest BCUT2D eigenvalue weighted by atomic mass is 9.87. The summed E-state index contributed by atoms with van der Waals surface area (Å²) in [4.78, 5) is 30.8. The van der Waals surface area contributed by atoms with Gasteiger partial charge < -0.3 is 15.2 Å². The number of likely N-dealkylation sites (tertiary alicyclic amines) is 1. The van der Waals surface area contributed by atoms with E-state index in [4.69, 9.17) is 0 Å². The Morgan fingerprint density at radius 2 is 1.86 bits per heavy atom. The Hall–Kier alpha value is -1.82. The molecule has 2 aromatic rings. The first-order chi connectivity index (χ1) is 14.0. The Morgan fingerprint density at radius 1 is 1.14 bits per heavy atom. The first-order valence-corrected chi connectivity index (χ1v) is 11.7. The number of rotatable bonds is 4. The minimum absolute atomic E-state index is 0.0611. The third kappa shape index (κ3) is 4.68. The Labute approximate surface area is 180 Å². The first kappa shape index (κ1) is 20.5. The molecular weight excluding hydrogens is 430 g/mol. The highest BCUT2D eigenvalue weighted by Crippen LogP contribution is 2.28. The van der Waals surface area contributed by atoms with Gasteiger partial charge in [0.25, 0.3) is 0 Å². The molecule has 0 spiro atoms. The van der Waals surface area contributed by atoms with Crippen LogP contribution in [0.2, 0.25) is 0 Å². The summed E-state index contributed by atoms with van der Waals surface area (Å²) in [6.45, 7) is 3.55. The average molecular weight is 460 g/mol. The van der Waals surface area contributed by atoms with Crippen molar-refractivity contribution in [2.75, 3.05) is 13.1 Å². The standard InChI is InChI=1S/C23H30BrN3O2/c1-15-19(20-13-17(24)7-8-21(20)25-15)14-22(28)26-18-9-11-27(12-10-18)23(29)16-5-3-2-4-6-16/h7-8,13,16,18,25H,2-6,9-12,14H2,1H3,(H,26,28). The molecule has 0 bridgehead atoms. The monoisotopic (exact) mass is 459 g/mol. The van der Waals surface area contributed by atoms with Crippen LogP contribution in [0.4, 0.5) is 0 Å². The smallest absolute Gasteiger partial charge is 0.225 e. The molecule has 0 unspecified atom stereocenters. The molecule has 2 aliphatic rings. The van der Waals surface area contributed by atoms with Gasteiger partial charge in [-0.1, -0.05) is 35.2 Å². The van der Waals surface area contributed by atoms with Gasteiger partial charge in [-0.15, -0.1) is 0 Å². The molecule has 156 valence electrons. The van der Waals surface area contributed by atoms with Gasteiger partial charge in [-0.2, -0.15) is 0 Å². The number of H-pyrrole nitrogens is 1. The normalized spacial score (nSPS) is 18.9. The number of aromatic nitrogens is 1. The summed E-state index contributed by atoms with van der Waals surface area (Å²) in [6.07, 6.45) is 7.82. The van der Waals surface area contributed by atoms with Gasteiger partial charge in [-0.3, -0.25) is 9.59 Å². The van der Waals surface area contributed by atoms with Gasteiger partial charge in [0, 0.05) is 46.1 Å². The van der Waals surface area contributed by atoms with Crippen LogP contribution in [-0.2, 0) is 16.0 Å². The number of hydrogen-bond donors (Lipinski definition) is 2. The number of halogens is 1. The van der Waals surface area contributed by atoms with Crippen molar-refractivity contribution in [3.63, 3.8) is 0 Å². The van der Waals surface area contributed by atoms with E-state index in [2.05, 4.69) is 32.3 Å². The number of piperidine rings is 1. The Kier molecular flexibility index (Phi) is 6.28. The van der Waals surface area contributed by atoms with Crippen molar-refractivity contribution in [2.45, 2.75) is 64.3 Å². The Bertz CT molecular complexity index is 893. The number of carbonyl (C=O) groups is 2. The van der Waals surface area contributed by atoms with Crippen molar-refractivity contribution in [3.8, 4) is 0 Å². The second-order valence-electron chi connectivity index (χ2n) is 8.60. The lowest BCUT2D eigenvalue weighted by Crippen LogP contribution is -2.48. The van der Waals surface area contributed by atoms with E-state index in [1.807, 2.05) is 24.0 Å². The van der Waals surface area contributed by atoms with Crippen molar-refractivity contribution < 1.29 is 9.59 Å². The summed E-state index contributed by atoms with van der Waals surface area (Å²) in [5.74, 6) is 0.638. The molecule has 29 heavy (non-hydrogen) atoms. The van der Waals surface area contributed by atoms with Crippen LogP contribution in [-0.4, -0.2) is 40.8 Å². The number of fused-ring (bicyclic) bond motifs is 1. The molecule has 4 rings (SSSR count). The molecule has 2 fully saturated rings. The molecule has 1 aliphatic heterocycles. The fraction of sp³-hybridized carbons (Fsp3) is 0.565. The lowest BCUT2D eigenvalue weighted by Gasteiger charge is -2.35. The van der Waals surface area contributed by atoms with Crippen molar-refractivity contribution in [1.29, 1.82) is 0 Å². The van der Waals surface area contributed by atoms with Crippen molar-refractivity contribution in [2.24, 2.45) is 5.92 Å². The minimum Gasteiger partial charge on any atom is -0.358 e. The van der Waals surface area contributed by atoms with Crippen molar-refractivity contribution >= 4 is 38.6 Å². The Balaban J connectivity index is 1.31. The molecule has 2 amide bonds. The maximum Gasteiger partial charge on any atom is 0.225 e. The average Bonchev–Trinajstić information content (AvgIpc) is 3.03. The van der Waals surface area contributed by atoms with Crippen LogP contribution in [0.5, 0.6) is 0 Å². The SMILES string of the molecule is Cc1[nH]c2ccc(Br)cc2c1CC(=O)NC1CCN(C(=O)C2CCCCC2)CC1. The molecule has 1 saturated heterocycles. The number of nitrogens with zero attached hydrogens (tertiary/aromatic N) is 1. The van der Waals surface area contributed by atoms with Gasteiger partial charge in [-0.05, 0) is 56.4 Å². The van der Waals surface area contributed by atoms with Crippen LogP contribution in [0.15, 0.2) is 22.7 Å². The zero-order valence-corrected chi connectivity index (χ0v) is 18.7. The fourth-order valence-electron chi connectivity index (χ4n) is 4.87. The second kappa shape index (κ2) is 8.90. The topological polar surface area (TPSA) is 65.2 Å². The van der Waals surface area contributed by atoms with Crippen LogP contribution >= 0.6 is 15.9 Å². The van der Waals surface area contributed by atoms with Crippen LogP contribution in [0.1, 0.15) is 56.2 Å². The van der Waals surface area contributed by atoms with Gasteiger partial charge >= 0.3 is 0 Å².